The van der Waals surface area contributed by atoms with Gasteiger partial charge in [0.1, 0.15) is 10.0 Å². The molecule has 0 bridgehead atoms. The number of nitrogens with zero attached hydrogens (tertiary/aromatic N) is 3. The van der Waals surface area contributed by atoms with Gasteiger partial charge in [-0.2, -0.15) is 0 Å². The van der Waals surface area contributed by atoms with Crippen LogP contribution in [0.4, 0.5) is 0 Å². The van der Waals surface area contributed by atoms with Gasteiger partial charge in [-0.25, -0.2) is 4.68 Å². The highest BCUT2D eigenvalue weighted by atomic mass is 32.2. The van der Waals surface area contributed by atoms with Crippen molar-refractivity contribution in [2.75, 3.05) is 0 Å². The molecular weight excluding hydrogens is 304 g/mol. The van der Waals surface area contributed by atoms with E-state index in [1.54, 1.807) is 17.0 Å². The van der Waals surface area contributed by atoms with Crippen LogP contribution < -0.4 is 5.32 Å². The highest BCUT2D eigenvalue weighted by Gasteiger charge is 2.22. The lowest BCUT2D eigenvalue weighted by molar-refractivity contribution is -0.115. The van der Waals surface area contributed by atoms with Crippen LogP contribution in [0.25, 0.3) is 11.8 Å². The molecular formula is C14H12N4OS2. The molecule has 1 amide bonds. The van der Waals surface area contributed by atoms with Gasteiger partial charge in [0.05, 0.1) is 16.8 Å². The number of thiocarbonyl (C=S) groups is 1. The number of aromatic nitrogens is 3. The zero-order valence-electron chi connectivity index (χ0n) is 11.5. The van der Waals surface area contributed by atoms with Crippen LogP contribution in [0.5, 0.6) is 0 Å². The second kappa shape index (κ2) is 5.42. The molecule has 1 aliphatic rings. The third kappa shape index (κ3) is 2.88. The van der Waals surface area contributed by atoms with E-state index in [9.17, 15) is 4.79 Å². The molecule has 5 nitrogen and oxygen atoms in total. The van der Waals surface area contributed by atoms with E-state index < -0.39 is 0 Å². The maximum Gasteiger partial charge on any atom is 0.263 e. The van der Waals surface area contributed by atoms with Crippen LogP contribution in [0.15, 0.2) is 29.3 Å². The molecule has 0 radical (unpaired) electrons. The summed E-state index contributed by atoms with van der Waals surface area (Å²) in [7, 11) is 0. The second-order valence-corrected chi connectivity index (χ2v) is 6.43. The summed E-state index contributed by atoms with van der Waals surface area (Å²) >= 11 is 6.18. The average Bonchev–Trinajstić information content (AvgIpc) is 3.01. The maximum atomic E-state index is 11.6. The summed E-state index contributed by atoms with van der Waals surface area (Å²) < 4.78 is 2.15. The lowest BCUT2D eigenvalue weighted by Crippen LogP contribution is -2.17. The topological polar surface area (TPSA) is 59.8 Å². The number of thioether (sulfide) groups is 1. The zero-order chi connectivity index (χ0) is 15.0. The van der Waals surface area contributed by atoms with E-state index in [1.165, 1.54) is 22.9 Å². The summed E-state index contributed by atoms with van der Waals surface area (Å²) in [5.74, 6) is -0.189. The predicted molar refractivity (Wildman–Crippen MR) is 87.1 cm³/mol. The molecule has 21 heavy (non-hydrogen) atoms. The molecule has 0 saturated carbocycles. The van der Waals surface area contributed by atoms with Crippen molar-refractivity contribution in [3.8, 4) is 5.69 Å². The first-order valence-corrected chi connectivity index (χ1v) is 7.50. The molecule has 0 aliphatic carbocycles. The Kier molecular flexibility index (Phi) is 3.60. The number of amides is 1. The number of benzene rings is 1. The van der Waals surface area contributed by atoms with E-state index in [1.807, 2.05) is 18.2 Å². The summed E-state index contributed by atoms with van der Waals surface area (Å²) in [4.78, 5) is 12.1. The number of carbonyl (C=O) groups excluding carboxylic acids is 1. The summed E-state index contributed by atoms with van der Waals surface area (Å²) in [6.45, 7) is 4.12. The molecule has 1 aromatic carbocycles. The molecule has 7 heteroatoms. The van der Waals surface area contributed by atoms with E-state index in [0.29, 0.717) is 14.9 Å². The summed E-state index contributed by atoms with van der Waals surface area (Å²) in [6.07, 6.45) is 3.47. The number of hydrogen-bond donors (Lipinski definition) is 1. The van der Waals surface area contributed by atoms with Crippen molar-refractivity contribution in [1.29, 1.82) is 0 Å². The SMILES string of the molecule is Cc1ccc(-n2cc(/C=C3\SC(=S)NC3=O)nn2)cc1C. The molecule has 1 N–H and O–H groups in total. The van der Waals surface area contributed by atoms with Crippen molar-refractivity contribution in [2.24, 2.45) is 0 Å². The first kappa shape index (κ1) is 14.0. The molecule has 0 atom stereocenters. The van der Waals surface area contributed by atoms with E-state index in [4.69, 9.17) is 12.2 Å². The summed E-state index contributed by atoms with van der Waals surface area (Å²) in [6, 6.07) is 6.08. The Morgan fingerprint density at radius 2 is 2.14 bits per heavy atom. The number of hydrogen-bond acceptors (Lipinski definition) is 5. The zero-order valence-corrected chi connectivity index (χ0v) is 13.1. The third-order valence-electron chi connectivity index (χ3n) is 3.19. The molecule has 106 valence electrons. The van der Waals surface area contributed by atoms with Crippen LogP contribution in [0, 0.1) is 13.8 Å². The van der Waals surface area contributed by atoms with Gasteiger partial charge in [0.25, 0.3) is 5.91 Å². The average molecular weight is 316 g/mol. The highest BCUT2D eigenvalue weighted by Crippen LogP contribution is 2.25. The molecule has 0 unspecified atom stereocenters. The fraction of sp³-hybridized carbons (Fsp3) is 0.143. The normalized spacial score (nSPS) is 16.6. The molecule has 1 fully saturated rings. The summed E-state index contributed by atoms with van der Waals surface area (Å²) in [5, 5.41) is 10.7. The predicted octanol–water partition coefficient (Wildman–Crippen LogP) is 2.37. The lowest BCUT2D eigenvalue weighted by atomic mass is 10.1. The Morgan fingerprint density at radius 3 is 2.81 bits per heavy atom. The van der Waals surface area contributed by atoms with E-state index in [2.05, 4.69) is 29.5 Å². The number of aryl methyl sites for hydroxylation is 2. The van der Waals surface area contributed by atoms with Crippen LogP contribution in [-0.4, -0.2) is 25.2 Å². The first-order chi connectivity index (χ1) is 10.0. The van der Waals surface area contributed by atoms with Gasteiger partial charge in [-0.3, -0.25) is 4.79 Å². The van der Waals surface area contributed by atoms with Crippen LogP contribution in [0.3, 0.4) is 0 Å². The van der Waals surface area contributed by atoms with Crippen molar-refractivity contribution in [3.63, 3.8) is 0 Å². The molecule has 3 rings (SSSR count). The Morgan fingerprint density at radius 1 is 1.33 bits per heavy atom. The monoisotopic (exact) mass is 316 g/mol. The Balaban J connectivity index is 1.90. The van der Waals surface area contributed by atoms with Gasteiger partial charge in [0.15, 0.2) is 0 Å². The van der Waals surface area contributed by atoms with Crippen LogP contribution in [0.2, 0.25) is 0 Å². The van der Waals surface area contributed by atoms with Crippen molar-refractivity contribution in [3.05, 3.63) is 46.1 Å². The van der Waals surface area contributed by atoms with Crippen molar-refractivity contribution in [2.45, 2.75) is 13.8 Å². The number of nitrogens with one attached hydrogen (secondary N) is 1. The highest BCUT2D eigenvalue weighted by molar-refractivity contribution is 8.26. The fourth-order valence-corrected chi connectivity index (χ4v) is 2.92. The Labute approximate surface area is 131 Å². The van der Waals surface area contributed by atoms with E-state index in [-0.39, 0.29) is 5.91 Å². The van der Waals surface area contributed by atoms with E-state index >= 15 is 0 Å². The molecule has 0 spiro atoms. The minimum absolute atomic E-state index is 0.189. The van der Waals surface area contributed by atoms with Crippen molar-refractivity contribution in [1.82, 2.24) is 20.3 Å². The van der Waals surface area contributed by atoms with Gasteiger partial charge in [-0.05, 0) is 43.2 Å². The van der Waals surface area contributed by atoms with E-state index in [0.717, 1.165) is 5.69 Å². The van der Waals surface area contributed by atoms with Crippen LogP contribution in [0.1, 0.15) is 16.8 Å². The lowest BCUT2D eigenvalue weighted by Gasteiger charge is -2.03. The minimum atomic E-state index is -0.189. The molecule has 2 heterocycles. The first-order valence-electron chi connectivity index (χ1n) is 6.28. The molecule has 2 aromatic rings. The minimum Gasteiger partial charge on any atom is -0.307 e. The molecule has 1 aliphatic heterocycles. The molecule has 1 saturated heterocycles. The number of rotatable bonds is 2. The van der Waals surface area contributed by atoms with Gasteiger partial charge in [-0.1, -0.05) is 35.3 Å². The van der Waals surface area contributed by atoms with Gasteiger partial charge in [-0.15, -0.1) is 5.10 Å². The smallest absolute Gasteiger partial charge is 0.263 e. The van der Waals surface area contributed by atoms with Gasteiger partial charge < -0.3 is 5.32 Å². The maximum absolute atomic E-state index is 11.6. The second-order valence-electron chi connectivity index (χ2n) is 4.71. The van der Waals surface area contributed by atoms with Crippen LogP contribution >= 0.6 is 24.0 Å². The van der Waals surface area contributed by atoms with Crippen molar-refractivity contribution >= 4 is 40.3 Å². The largest absolute Gasteiger partial charge is 0.307 e. The Hall–Kier alpha value is -1.99. The van der Waals surface area contributed by atoms with Crippen molar-refractivity contribution < 1.29 is 4.79 Å². The fourth-order valence-electron chi connectivity index (χ4n) is 1.89. The Bertz CT molecular complexity index is 779. The summed E-state index contributed by atoms with van der Waals surface area (Å²) in [5.41, 5.74) is 3.98. The molecule has 1 aromatic heterocycles. The van der Waals surface area contributed by atoms with Gasteiger partial charge >= 0.3 is 0 Å². The van der Waals surface area contributed by atoms with Gasteiger partial charge in [0, 0.05) is 0 Å². The third-order valence-corrected chi connectivity index (χ3v) is 4.35. The quantitative estimate of drug-likeness (QED) is 0.681. The van der Waals surface area contributed by atoms with Crippen LogP contribution in [-0.2, 0) is 4.79 Å². The van der Waals surface area contributed by atoms with Gasteiger partial charge in [0.2, 0.25) is 0 Å². The standard InChI is InChI=1S/C14H12N4OS2/c1-8-3-4-11(5-9(8)2)18-7-10(16-17-18)6-12-13(19)15-14(20)21-12/h3-7H,1-2H3,(H,15,19,20)/b12-6-. The number of carbonyl (C=O) groups is 1.